The average Bonchev–Trinajstić information content (AvgIpc) is 3.46. The van der Waals surface area contributed by atoms with Crippen molar-refractivity contribution < 1.29 is 58.6 Å². The number of hydrogen-bond donors (Lipinski definition) is 4. The Balaban J connectivity index is 1.77. The van der Waals surface area contributed by atoms with Crippen LogP contribution in [0, 0.1) is 23.7 Å². The molecule has 3 heterocycles. The van der Waals surface area contributed by atoms with Crippen LogP contribution in [0.5, 0.6) is 0 Å². The maximum absolute atomic E-state index is 14.5. The number of aliphatic hydroxyl groups is 4. The molecule has 1 aromatic carbocycles. The minimum Gasteiger partial charge on any atom is -0.462 e. The van der Waals surface area contributed by atoms with Crippen LogP contribution in [0.25, 0.3) is 0 Å². The normalized spacial score (nSPS) is 39.4. The van der Waals surface area contributed by atoms with Gasteiger partial charge in [-0.15, -0.1) is 0 Å². The van der Waals surface area contributed by atoms with Crippen molar-refractivity contribution in [2.24, 2.45) is 23.7 Å². The Labute approximate surface area is 305 Å². The Morgan fingerprint density at radius 1 is 1.00 bits per heavy atom. The lowest BCUT2D eigenvalue weighted by Crippen LogP contribution is -2.63. The Kier molecular flexibility index (Phi) is 14.1. The first-order chi connectivity index (χ1) is 24.5. The van der Waals surface area contributed by atoms with Crippen molar-refractivity contribution in [3.8, 4) is 0 Å². The molecular formula is C38H56N2O12. The third kappa shape index (κ3) is 8.92. The summed E-state index contributed by atoms with van der Waals surface area (Å²) in [6.45, 7) is 9.79. The van der Waals surface area contributed by atoms with E-state index in [2.05, 4.69) is 0 Å². The molecule has 3 aliphatic rings. The van der Waals surface area contributed by atoms with Crippen LogP contribution in [0.3, 0.4) is 0 Å². The van der Waals surface area contributed by atoms with E-state index >= 15 is 0 Å². The molecule has 4 rings (SSSR count). The molecule has 1 aromatic rings. The largest absolute Gasteiger partial charge is 0.462 e. The summed E-state index contributed by atoms with van der Waals surface area (Å²) in [6, 6.07) is 5.99. The molecule has 52 heavy (non-hydrogen) atoms. The van der Waals surface area contributed by atoms with Crippen molar-refractivity contribution in [2.45, 2.75) is 122 Å². The summed E-state index contributed by atoms with van der Waals surface area (Å²) in [5, 5.41) is 43.9. The highest BCUT2D eigenvalue weighted by atomic mass is 16.7. The third-order valence-electron chi connectivity index (χ3n) is 10.8. The first-order valence-electron chi connectivity index (χ1n) is 18.1. The quantitative estimate of drug-likeness (QED) is 0.246. The van der Waals surface area contributed by atoms with Crippen molar-refractivity contribution in [2.75, 3.05) is 20.7 Å². The Hall–Kier alpha value is -3.24. The summed E-state index contributed by atoms with van der Waals surface area (Å²) < 4.78 is 23.9. The van der Waals surface area contributed by atoms with Gasteiger partial charge in [0.1, 0.15) is 18.2 Å². The van der Waals surface area contributed by atoms with Crippen LogP contribution >= 0.6 is 0 Å². The average molecular weight is 733 g/mol. The zero-order valence-corrected chi connectivity index (χ0v) is 31.3. The molecule has 3 aliphatic heterocycles. The number of likely N-dealkylation sites (N-methyl/N-ethyl adjacent to an activating group) is 1. The number of cyclic esters (lactones) is 1. The third-order valence-corrected chi connectivity index (χ3v) is 10.8. The lowest BCUT2D eigenvalue weighted by Gasteiger charge is -2.46. The molecule has 2 fully saturated rings. The van der Waals surface area contributed by atoms with Gasteiger partial charge in [-0.25, -0.2) is 9.69 Å². The summed E-state index contributed by atoms with van der Waals surface area (Å²) in [5.41, 5.74) is 0.576. The van der Waals surface area contributed by atoms with Gasteiger partial charge < -0.3 is 44.3 Å². The van der Waals surface area contributed by atoms with E-state index in [0.29, 0.717) is 12.0 Å². The number of Topliss-reactive ketones (excluding diaryl/α,β-unsaturated/α-hetero) is 1. The predicted molar refractivity (Wildman–Crippen MR) is 188 cm³/mol. The van der Waals surface area contributed by atoms with Crippen LogP contribution in [0.1, 0.15) is 71.2 Å². The second-order valence-electron chi connectivity index (χ2n) is 14.9. The van der Waals surface area contributed by atoms with Crippen LogP contribution in [0.4, 0.5) is 4.79 Å². The Bertz CT molecular complexity index is 1440. The minimum absolute atomic E-state index is 0.147. The van der Waals surface area contributed by atoms with Crippen LogP contribution < -0.4 is 0 Å². The van der Waals surface area contributed by atoms with Crippen LogP contribution in [-0.2, 0) is 28.5 Å². The van der Waals surface area contributed by atoms with Crippen molar-refractivity contribution in [1.29, 1.82) is 0 Å². The molecule has 14 nitrogen and oxygen atoms in total. The number of ketones is 1. The van der Waals surface area contributed by atoms with Gasteiger partial charge in [0.25, 0.3) is 5.91 Å². The molecule has 2 amide bonds. The second kappa shape index (κ2) is 17.7. The first kappa shape index (κ1) is 41.5. The monoisotopic (exact) mass is 732 g/mol. The Morgan fingerprint density at radius 3 is 2.25 bits per heavy atom. The van der Waals surface area contributed by atoms with E-state index in [9.17, 15) is 39.6 Å². The predicted octanol–water partition coefficient (Wildman–Crippen LogP) is 2.31. The van der Waals surface area contributed by atoms with Crippen LogP contribution in [-0.4, -0.2) is 136 Å². The number of carbonyl (C=O) groups excluding carboxylic acids is 4. The van der Waals surface area contributed by atoms with Gasteiger partial charge in [-0.05, 0) is 64.4 Å². The Morgan fingerprint density at radius 2 is 1.65 bits per heavy atom. The molecule has 14 atom stereocenters. The number of amides is 2. The number of nitrogens with zero attached hydrogens (tertiary/aromatic N) is 2. The van der Waals surface area contributed by atoms with Crippen molar-refractivity contribution in [1.82, 2.24) is 9.80 Å². The van der Waals surface area contributed by atoms with Gasteiger partial charge in [-0.2, -0.15) is 0 Å². The van der Waals surface area contributed by atoms with Gasteiger partial charge in [0.2, 0.25) is 0 Å². The molecule has 0 bridgehead atoms. The molecule has 0 aliphatic carbocycles. The number of hydrogen-bond acceptors (Lipinski definition) is 13. The van der Waals surface area contributed by atoms with Gasteiger partial charge in [0.15, 0.2) is 18.2 Å². The number of esters is 1. The SMILES string of the molecule is CC[C@H]1OC(=O)C[C@@H](O)[C@H](C)[C@@H](OC2OC(C)C(O)C(N(C)C)C2O)[C@@H](C)C[C@@H](C)C(=O)C2C(OC(=O)N2C(=O)c2ccccc2)/C(C)=C/[C@@H]1CO. The molecule has 0 spiro atoms. The van der Waals surface area contributed by atoms with E-state index in [1.54, 1.807) is 84.8 Å². The summed E-state index contributed by atoms with van der Waals surface area (Å²) in [7, 11) is 3.43. The minimum atomic E-state index is -1.36. The second-order valence-corrected chi connectivity index (χ2v) is 14.9. The fourth-order valence-corrected chi connectivity index (χ4v) is 7.77. The number of ether oxygens (including phenoxy) is 4. The van der Waals surface area contributed by atoms with Gasteiger partial charge in [0, 0.05) is 23.3 Å². The lowest BCUT2D eigenvalue weighted by molar-refractivity contribution is -0.303. The number of fused-ring (bicyclic) bond motifs is 1. The van der Waals surface area contributed by atoms with E-state index < -0.39 is 122 Å². The van der Waals surface area contributed by atoms with Crippen LogP contribution in [0.15, 0.2) is 42.0 Å². The van der Waals surface area contributed by atoms with E-state index in [1.165, 1.54) is 12.1 Å². The summed E-state index contributed by atoms with van der Waals surface area (Å²) >= 11 is 0. The first-order valence-corrected chi connectivity index (χ1v) is 18.1. The number of carbonyl (C=O) groups is 4. The maximum atomic E-state index is 14.5. The summed E-state index contributed by atoms with van der Waals surface area (Å²) in [5.74, 6) is -4.68. The number of aliphatic hydroxyl groups excluding tert-OH is 4. The van der Waals surface area contributed by atoms with Crippen LogP contribution in [0.2, 0.25) is 0 Å². The van der Waals surface area contributed by atoms with Gasteiger partial charge in [0.05, 0.1) is 43.5 Å². The molecule has 14 heteroatoms. The van der Waals surface area contributed by atoms with Crippen molar-refractivity contribution in [3.05, 3.63) is 47.5 Å². The number of imide groups is 1. The number of benzene rings is 1. The molecule has 290 valence electrons. The highest BCUT2D eigenvalue weighted by molar-refractivity contribution is 6.08. The molecule has 0 radical (unpaired) electrons. The highest BCUT2D eigenvalue weighted by Gasteiger charge is 2.52. The van der Waals surface area contributed by atoms with Gasteiger partial charge >= 0.3 is 12.1 Å². The summed E-state index contributed by atoms with van der Waals surface area (Å²) in [4.78, 5) is 57.6. The number of rotatable bonds is 6. The van der Waals surface area contributed by atoms with Gasteiger partial charge in [-0.3, -0.25) is 14.4 Å². The molecule has 7 unspecified atom stereocenters. The van der Waals surface area contributed by atoms with E-state index in [0.717, 1.165) is 4.90 Å². The van der Waals surface area contributed by atoms with Crippen molar-refractivity contribution in [3.63, 3.8) is 0 Å². The van der Waals surface area contributed by atoms with E-state index in [-0.39, 0.29) is 12.0 Å². The molecular weight excluding hydrogens is 676 g/mol. The topological polar surface area (TPSA) is 193 Å². The highest BCUT2D eigenvalue weighted by Crippen LogP contribution is 2.36. The standard InChI is InChI=1S/C38H56N2O12/c1-9-27-25(18-41)16-21(4)35-30(40(38(48)52-35)36(47)24-13-11-10-12-14-24)31(44)19(2)15-20(3)34(22(5)26(42)17-28(43)50-27)51-37-33(46)29(39(7)8)32(45)23(6)49-37/h10-14,16,19-20,22-23,25-27,29-30,32-35,37,41-42,45-46H,9,15,17-18H2,1-8H3/b21-16+/t19-,20+,22+,23?,25-,26-,27-,29?,30?,32?,33?,34+,35?,37?/m1/s1. The van der Waals surface area contributed by atoms with Crippen molar-refractivity contribution >= 4 is 23.8 Å². The molecule has 0 aromatic heterocycles. The van der Waals surface area contributed by atoms with E-state index in [4.69, 9.17) is 18.9 Å². The fraction of sp³-hybridized carbons (Fsp3) is 0.684. The molecule has 4 N–H and O–H groups in total. The zero-order valence-electron chi connectivity index (χ0n) is 31.3. The van der Waals surface area contributed by atoms with Gasteiger partial charge in [-0.1, -0.05) is 52.0 Å². The lowest BCUT2D eigenvalue weighted by atomic mass is 9.80. The fourth-order valence-electron chi connectivity index (χ4n) is 7.77. The molecule has 0 saturated carbocycles. The van der Waals surface area contributed by atoms with E-state index in [1.807, 2.05) is 0 Å². The zero-order chi connectivity index (χ0) is 38.6. The molecule has 2 saturated heterocycles. The smallest absolute Gasteiger partial charge is 0.418 e. The maximum Gasteiger partial charge on any atom is 0.418 e. The summed E-state index contributed by atoms with van der Waals surface area (Å²) in [6.07, 6.45) is -7.80.